The van der Waals surface area contributed by atoms with E-state index in [1.807, 2.05) is 10.5 Å². The van der Waals surface area contributed by atoms with Crippen molar-refractivity contribution < 1.29 is 9.53 Å². The van der Waals surface area contributed by atoms with Crippen molar-refractivity contribution >= 4 is 17.5 Å². The van der Waals surface area contributed by atoms with Crippen LogP contribution in [0.15, 0.2) is 18.6 Å². The number of nitrogens with zero attached hydrogens (tertiary/aromatic N) is 9. The van der Waals surface area contributed by atoms with Crippen molar-refractivity contribution in [2.24, 2.45) is 7.05 Å². The lowest BCUT2D eigenvalue weighted by Gasteiger charge is -2.35. The number of anilines is 1. The molecule has 0 aliphatic carbocycles. The number of methoxy groups -OCH3 is 1. The van der Waals surface area contributed by atoms with E-state index < -0.39 is 0 Å². The van der Waals surface area contributed by atoms with E-state index in [1.54, 1.807) is 24.5 Å². The maximum Gasteiger partial charge on any atom is 0.314 e. The largest absolute Gasteiger partial charge is 0.467 e. The van der Waals surface area contributed by atoms with Gasteiger partial charge in [-0.2, -0.15) is 4.98 Å². The zero-order valence-electron chi connectivity index (χ0n) is 13.9. The first-order chi connectivity index (χ1) is 12.2. The third-order valence-electron chi connectivity index (χ3n) is 4.18. The van der Waals surface area contributed by atoms with E-state index in [4.69, 9.17) is 4.74 Å². The molecule has 0 unspecified atom stereocenters. The average molecular weight is 343 g/mol. The molecule has 0 bridgehead atoms. The molecule has 1 aliphatic rings. The lowest BCUT2D eigenvalue weighted by molar-refractivity contribution is 0.0733. The van der Waals surface area contributed by atoms with Crippen LogP contribution in [0.1, 0.15) is 10.6 Å². The minimum Gasteiger partial charge on any atom is -0.467 e. The molecule has 4 rings (SSSR count). The van der Waals surface area contributed by atoms with Crippen molar-refractivity contribution in [2.75, 3.05) is 38.2 Å². The fourth-order valence-corrected chi connectivity index (χ4v) is 2.91. The molecule has 1 fully saturated rings. The molecule has 0 radical (unpaired) electrons. The van der Waals surface area contributed by atoms with Gasteiger partial charge in [-0.15, -0.1) is 15.3 Å². The van der Waals surface area contributed by atoms with Gasteiger partial charge in [-0.25, -0.2) is 9.67 Å². The number of carbonyl (C=O) groups is 1. The van der Waals surface area contributed by atoms with Crippen LogP contribution in [0.4, 0.5) is 5.82 Å². The SMILES string of the molecule is COc1nc(C(=O)N2CCN(c3ccnc4nncn34)CC2)nn1C. The summed E-state index contributed by atoms with van der Waals surface area (Å²) < 4.78 is 8.34. The smallest absolute Gasteiger partial charge is 0.314 e. The number of carbonyl (C=O) groups excluding carboxylic acids is 1. The summed E-state index contributed by atoms with van der Waals surface area (Å²) >= 11 is 0. The fraction of sp³-hybridized carbons (Fsp3) is 0.429. The molecule has 0 aromatic carbocycles. The number of amides is 1. The van der Waals surface area contributed by atoms with Gasteiger partial charge in [0, 0.05) is 39.4 Å². The Balaban J connectivity index is 1.47. The molecular weight excluding hydrogens is 326 g/mol. The quantitative estimate of drug-likeness (QED) is 0.610. The number of rotatable bonds is 3. The zero-order chi connectivity index (χ0) is 17.4. The molecule has 3 aromatic rings. The molecule has 0 spiro atoms. The molecule has 11 nitrogen and oxygen atoms in total. The molecule has 1 amide bonds. The maximum atomic E-state index is 12.6. The molecule has 25 heavy (non-hydrogen) atoms. The monoisotopic (exact) mass is 343 g/mol. The Kier molecular flexibility index (Phi) is 3.67. The minimum atomic E-state index is -0.192. The van der Waals surface area contributed by atoms with Gasteiger partial charge in [0.05, 0.1) is 7.11 Å². The van der Waals surface area contributed by atoms with Crippen LogP contribution in [0.3, 0.4) is 0 Å². The van der Waals surface area contributed by atoms with Gasteiger partial charge in [-0.05, 0) is 6.07 Å². The summed E-state index contributed by atoms with van der Waals surface area (Å²) in [7, 11) is 3.19. The second-order valence-electron chi connectivity index (χ2n) is 5.63. The van der Waals surface area contributed by atoms with Crippen LogP contribution in [0.2, 0.25) is 0 Å². The molecule has 4 heterocycles. The first-order valence-electron chi connectivity index (χ1n) is 7.81. The van der Waals surface area contributed by atoms with Crippen LogP contribution in [0, 0.1) is 0 Å². The normalized spacial score (nSPS) is 15.0. The van der Waals surface area contributed by atoms with E-state index in [9.17, 15) is 4.79 Å². The highest BCUT2D eigenvalue weighted by Gasteiger charge is 2.26. The minimum absolute atomic E-state index is 0.151. The Bertz CT molecular complexity index is 910. The Morgan fingerprint density at radius 3 is 2.76 bits per heavy atom. The van der Waals surface area contributed by atoms with Gasteiger partial charge < -0.3 is 14.5 Å². The Morgan fingerprint density at radius 2 is 2.04 bits per heavy atom. The van der Waals surface area contributed by atoms with Crippen LogP contribution < -0.4 is 9.64 Å². The van der Waals surface area contributed by atoms with Crippen molar-refractivity contribution in [2.45, 2.75) is 0 Å². The summed E-state index contributed by atoms with van der Waals surface area (Å²) in [6, 6.07) is 2.23. The Labute approximate surface area is 142 Å². The molecule has 0 N–H and O–H groups in total. The molecule has 11 heteroatoms. The third-order valence-corrected chi connectivity index (χ3v) is 4.18. The summed E-state index contributed by atoms with van der Waals surface area (Å²) in [5.74, 6) is 1.47. The van der Waals surface area contributed by atoms with Crippen molar-refractivity contribution in [3.05, 3.63) is 24.4 Å². The second kappa shape index (κ2) is 6.00. The first-order valence-corrected chi connectivity index (χ1v) is 7.81. The van der Waals surface area contributed by atoms with E-state index in [-0.39, 0.29) is 11.7 Å². The predicted molar refractivity (Wildman–Crippen MR) is 86.5 cm³/mol. The van der Waals surface area contributed by atoms with Crippen LogP contribution in [-0.4, -0.2) is 78.4 Å². The molecule has 3 aromatic heterocycles. The molecule has 0 saturated carbocycles. The van der Waals surface area contributed by atoms with Crippen LogP contribution in [-0.2, 0) is 7.05 Å². The number of hydrogen-bond acceptors (Lipinski definition) is 8. The van der Waals surface area contributed by atoms with Crippen molar-refractivity contribution in [3.8, 4) is 6.01 Å². The van der Waals surface area contributed by atoms with E-state index in [2.05, 4.69) is 30.2 Å². The lowest BCUT2D eigenvalue weighted by Crippen LogP contribution is -2.49. The number of hydrogen-bond donors (Lipinski definition) is 0. The number of ether oxygens (including phenoxy) is 1. The van der Waals surface area contributed by atoms with Gasteiger partial charge in [0.2, 0.25) is 5.82 Å². The number of fused-ring (bicyclic) bond motifs is 1. The van der Waals surface area contributed by atoms with E-state index >= 15 is 0 Å². The highest BCUT2D eigenvalue weighted by Crippen LogP contribution is 2.17. The highest BCUT2D eigenvalue weighted by molar-refractivity contribution is 5.90. The Morgan fingerprint density at radius 1 is 1.24 bits per heavy atom. The maximum absolute atomic E-state index is 12.6. The van der Waals surface area contributed by atoms with Crippen molar-refractivity contribution in [1.82, 2.24) is 39.2 Å². The second-order valence-corrected chi connectivity index (χ2v) is 5.63. The van der Waals surface area contributed by atoms with Gasteiger partial charge >= 0.3 is 6.01 Å². The standard InChI is InChI=1S/C14H17N9O2/c1-20-14(25-2)17-11(19-20)12(24)22-7-5-21(6-8-22)10-3-4-15-13-18-16-9-23(10)13/h3-4,9H,5-8H2,1-2H3. The zero-order valence-corrected chi connectivity index (χ0v) is 13.9. The van der Waals surface area contributed by atoms with Crippen molar-refractivity contribution in [3.63, 3.8) is 0 Å². The summed E-state index contributed by atoms with van der Waals surface area (Å²) in [6.45, 7) is 2.52. The summed E-state index contributed by atoms with van der Waals surface area (Å²) in [5, 5.41) is 12.0. The molecule has 1 aliphatic heterocycles. The van der Waals surface area contributed by atoms with Crippen LogP contribution >= 0.6 is 0 Å². The van der Waals surface area contributed by atoms with Gasteiger partial charge in [0.25, 0.3) is 11.7 Å². The molecule has 130 valence electrons. The van der Waals surface area contributed by atoms with Gasteiger partial charge in [0.1, 0.15) is 12.1 Å². The van der Waals surface area contributed by atoms with Gasteiger partial charge in [-0.3, -0.25) is 9.20 Å². The molecular formula is C14H17N9O2. The first kappa shape index (κ1) is 15.3. The summed E-state index contributed by atoms with van der Waals surface area (Å²) in [6.07, 6.45) is 3.35. The van der Waals surface area contributed by atoms with Crippen LogP contribution in [0.25, 0.3) is 5.78 Å². The lowest BCUT2D eigenvalue weighted by atomic mass is 10.3. The number of piperazine rings is 1. The van der Waals surface area contributed by atoms with Crippen LogP contribution in [0.5, 0.6) is 6.01 Å². The molecule has 1 saturated heterocycles. The average Bonchev–Trinajstić information content (AvgIpc) is 3.27. The van der Waals surface area contributed by atoms with Crippen molar-refractivity contribution in [1.29, 1.82) is 0 Å². The number of aromatic nitrogens is 7. The van der Waals surface area contributed by atoms with E-state index in [1.165, 1.54) is 11.8 Å². The third kappa shape index (κ3) is 2.62. The van der Waals surface area contributed by atoms with Gasteiger partial charge in [-0.1, -0.05) is 0 Å². The summed E-state index contributed by atoms with van der Waals surface area (Å²) in [5.41, 5.74) is 0. The number of aryl methyl sites for hydroxylation is 1. The highest BCUT2D eigenvalue weighted by atomic mass is 16.5. The Hall–Kier alpha value is -3.24. The van der Waals surface area contributed by atoms with E-state index in [0.29, 0.717) is 38.0 Å². The van der Waals surface area contributed by atoms with E-state index in [0.717, 1.165) is 5.82 Å². The predicted octanol–water partition coefficient (Wildman–Crippen LogP) is -0.776. The molecule has 0 atom stereocenters. The fourth-order valence-electron chi connectivity index (χ4n) is 2.91. The van der Waals surface area contributed by atoms with Gasteiger partial charge in [0.15, 0.2) is 0 Å². The summed E-state index contributed by atoms with van der Waals surface area (Å²) in [4.78, 5) is 24.8. The topological polar surface area (TPSA) is 107 Å².